The van der Waals surface area contributed by atoms with Crippen LogP contribution < -0.4 is 5.73 Å². The van der Waals surface area contributed by atoms with Crippen molar-refractivity contribution in [3.63, 3.8) is 0 Å². The van der Waals surface area contributed by atoms with Gasteiger partial charge < -0.3 is 5.73 Å². The molecule has 2 N–H and O–H groups in total. The third kappa shape index (κ3) is 3.49. The number of nitrogens with two attached hydrogens (primary N) is 1. The summed E-state index contributed by atoms with van der Waals surface area (Å²) in [6.07, 6.45) is 10.4. The first-order chi connectivity index (χ1) is 9.72. The van der Waals surface area contributed by atoms with Gasteiger partial charge >= 0.3 is 0 Å². The molecule has 106 valence electrons. The maximum atomic E-state index is 6.01. The predicted octanol–water partition coefficient (Wildman–Crippen LogP) is 4.99. The van der Waals surface area contributed by atoms with E-state index < -0.39 is 0 Å². The molecule has 0 radical (unpaired) electrons. The van der Waals surface area contributed by atoms with E-state index in [4.69, 9.17) is 5.73 Å². The molecule has 3 rings (SSSR count). The monoisotopic (exact) mass is 285 g/mol. The molecule has 0 aromatic heterocycles. The molecule has 0 unspecified atom stereocenters. The van der Waals surface area contributed by atoms with E-state index in [2.05, 4.69) is 36.9 Å². The van der Waals surface area contributed by atoms with Gasteiger partial charge in [0, 0.05) is 21.4 Å². The van der Waals surface area contributed by atoms with Gasteiger partial charge in [-0.3, -0.25) is 0 Å². The summed E-state index contributed by atoms with van der Waals surface area (Å²) >= 11 is 2.00. The van der Waals surface area contributed by atoms with Gasteiger partial charge in [0.05, 0.1) is 0 Å². The van der Waals surface area contributed by atoms with Gasteiger partial charge in [-0.05, 0) is 49.3 Å². The molecule has 0 saturated heterocycles. The van der Waals surface area contributed by atoms with Crippen LogP contribution in [0.2, 0.25) is 0 Å². The average Bonchev–Trinajstić information content (AvgIpc) is 3.10. The smallest absolute Gasteiger partial charge is 0.0317 e. The van der Waals surface area contributed by atoms with Crippen molar-refractivity contribution >= 4 is 17.3 Å². The van der Waals surface area contributed by atoms with Crippen LogP contribution in [0.4, 0.5) is 0 Å². The number of benzene rings is 1. The van der Waals surface area contributed by atoms with Crippen molar-refractivity contribution in [1.82, 2.24) is 0 Å². The highest BCUT2D eigenvalue weighted by Crippen LogP contribution is 2.39. The fourth-order valence-electron chi connectivity index (χ4n) is 2.84. The maximum absolute atomic E-state index is 6.01. The number of hydrogen-bond donors (Lipinski definition) is 1. The first-order valence-corrected chi connectivity index (χ1v) is 8.54. The van der Waals surface area contributed by atoms with E-state index in [0.717, 1.165) is 10.8 Å². The van der Waals surface area contributed by atoms with Crippen molar-refractivity contribution in [2.24, 2.45) is 11.7 Å². The first kappa shape index (κ1) is 13.8. The van der Waals surface area contributed by atoms with Crippen LogP contribution in [0, 0.1) is 5.92 Å². The van der Waals surface area contributed by atoms with E-state index >= 15 is 0 Å². The zero-order valence-corrected chi connectivity index (χ0v) is 12.8. The molecule has 0 aliphatic heterocycles. The van der Waals surface area contributed by atoms with Gasteiger partial charge in [-0.25, -0.2) is 0 Å². The molecule has 0 atom stereocenters. The Morgan fingerprint density at radius 2 is 1.75 bits per heavy atom. The molecule has 1 aromatic carbocycles. The third-order valence-corrected chi connectivity index (χ3v) is 5.49. The maximum Gasteiger partial charge on any atom is 0.0317 e. The summed E-state index contributed by atoms with van der Waals surface area (Å²) in [5.41, 5.74) is 9.05. The van der Waals surface area contributed by atoms with E-state index in [9.17, 15) is 0 Å². The fourth-order valence-corrected chi connectivity index (χ4v) is 3.89. The summed E-state index contributed by atoms with van der Waals surface area (Å²) < 4.78 is 0. The molecule has 2 aliphatic carbocycles. The summed E-state index contributed by atoms with van der Waals surface area (Å²) in [4.78, 5) is 1.37. The van der Waals surface area contributed by atoms with E-state index in [1.54, 1.807) is 0 Å². The SMILES string of the molecule is C=C(N)/C(=C/C1CCCC1)c1ccc(SC2CC2)cc1. The van der Waals surface area contributed by atoms with Crippen LogP contribution in [0.25, 0.3) is 5.57 Å². The minimum Gasteiger partial charge on any atom is -0.399 e. The number of hydrogen-bond acceptors (Lipinski definition) is 2. The molecule has 0 heterocycles. The molecule has 0 bridgehead atoms. The predicted molar refractivity (Wildman–Crippen MR) is 88.6 cm³/mol. The normalized spacial score (nSPS) is 20.3. The van der Waals surface area contributed by atoms with Crippen LogP contribution in [0.1, 0.15) is 44.1 Å². The summed E-state index contributed by atoms with van der Waals surface area (Å²) in [6, 6.07) is 8.85. The van der Waals surface area contributed by atoms with E-state index in [1.807, 2.05) is 11.8 Å². The third-order valence-electron chi connectivity index (χ3n) is 4.14. The van der Waals surface area contributed by atoms with Crippen molar-refractivity contribution in [3.8, 4) is 0 Å². The van der Waals surface area contributed by atoms with E-state index in [0.29, 0.717) is 11.6 Å². The van der Waals surface area contributed by atoms with E-state index in [-0.39, 0.29) is 0 Å². The summed E-state index contributed by atoms with van der Waals surface area (Å²) in [5.74, 6) is 0.686. The summed E-state index contributed by atoms with van der Waals surface area (Å²) in [5, 5.41) is 0.860. The topological polar surface area (TPSA) is 26.0 Å². The second-order valence-corrected chi connectivity index (χ2v) is 7.37. The molecule has 0 spiro atoms. The van der Waals surface area contributed by atoms with Gasteiger partial charge in [0.2, 0.25) is 0 Å². The minimum atomic E-state index is 0.686. The van der Waals surface area contributed by atoms with Crippen molar-refractivity contribution in [2.45, 2.75) is 48.7 Å². The zero-order chi connectivity index (χ0) is 13.9. The molecule has 1 aromatic rings. The molecule has 2 heteroatoms. The Balaban J connectivity index is 1.77. The zero-order valence-electron chi connectivity index (χ0n) is 12.0. The standard InChI is InChI=1S/C18H23NS/c1-13(19)18(12-14-4-2-3-5-14)15-6-8-16(9-7-15)20-17-10-11-17/h6-9,12,14,17H,1-5,10-11,19H2/b18-12-. The second-order valence-electron chi connectivity index (χ2n) is 5.99. The van der Waals surface area contributed by atoms with Crippen LogP contribution in [0.15, 0.2) is 47.5 Å². The Bertz CT molecular complexity index is 505. The molecule has 2 fully saturated rings. The molecule has 2 aliphatic rings. The fraction of sp³-hybridized carbons (Fsp3) is 0.444. The van der Waals surface area contributed by atoms with Gasteiger partial charge in [0.25, 0.3) is 0 Å². The molecule has 20 heavy (non-hydrogen) atoms. The molecule has 1 nitrogen and oxygen atoms in total. The average molecular weight is 285 g/mol. The Kier molecular flexibility index (Phi) is 4.21. The largest absolute Gasteiger partial charge is 0.399 e. The second kappa shape index (κ2) is 6.09. The Labute approximate surface area is 126 Å². The summed E-state index contributed by atoms with van der Waals surface area (Å²) in [6.45, 7) is 3.96. The molecule has 0 amide bonds. The Hall–Kier alpha value is -1.15. The van der Waals surface area contributed by atoms with Crippen LogP contribution in [-0.4, -0.2) is 5.25 Å². The van der Waals surface area contributed by atoms with Gasteiger partial charge in [0.1, 0.15) is 0 Å². The number of thioether (sulfide) groups is 1. The van der Waals surface area contributed by atoms with Gasteiger partial charge in [-0.2, -0.15) is 0 Å². The lowest BCUT2D eigenvalue weighted by Crippen LogP contribution is -2.01. The van der Waals surface area contributed by atoms with E-state index in [1.165, 1.54) is 49.0 Å². The van der Waals surface area contributed by atoms with Crippen molar-refractivity contribution in [3.05, 3.63) is 48.2 Å². The van der Waals surface area contributed by atoms with Crippen LogP contribution in [-0.2, 0) is 0 Å². The lowest BCUT2D eigenvalue weighted by Gasteiger charge is -2.11. The van der Waals surface area contributed by atoms with Gasteiger partial charge in [-0.15, -0.1) is 11.8 Å². The highest BCUT2D eigenvalue weighted by atomic mass is 32.2. The van der Waals surface area contributed by atoms with Crippen LogP contribution in [0.3, 0.4) is 0 Å². The van der Waals surface area contributed by atoms with Crippen LogP contribution >= 0.6 is 11.8 Å². The van der Waals surface area contributed by atoms with Crippen molar-refractivity contribution in [2.75, 3.05) is 0 Å². The Morgan fingerprint density at radius 1 is 1.10 bits per heavy atom. The highest BCUT2D eigenvalue weighted by Gasteiger charge is 2.22. The lowest BCUT2D eigenvalue weighted by molar-refractivity contribution is 0.687. The molecule has 2 saturated carbocycles. The first-order valence-electron chi connectivity index (χ1n) is 7.66. The minimum absolute atomic E-state index is 0.686. The molecular formula is C18H23NS. The highest BCUT2D eigenvalue weighted by molar-refractivity contribution is 8.00. The molecular weight excluding hydrogens is 262 g/mol. The number of rotatable bonds is 5. The Morgan fingerprint density at radius 3 is 2.30 bits per heavy atom. The van der Waals surface area contributed by atoms with Crippen LogP contribution in [0.5, 0.6) is 0 Å². The van der Waals surface area contributed by atoms with Crippen molar-refractivity contribution in [1.29, 1.82) is 0 Å². The number of allylic oxidation sites excluding steroid dienone is 2. The lowest BCUT2D eigenvalue weighted by atomic mass is 9.97. The van der Waals surface area contributed by atoms with Gasteiger partial charge in [0.15, 0.2) is 0 Å². The van der Waals surface area contributed by atoms with Crippen molar-refractivity contribution < 1.29 is 0 Å². The summed E-state index contributed by atoms with van der Waals surface area (Å²) in [7, 11) is 0. The van der Waals surface area contributed by atoms with Gasteiger partial charge in [-0.1, -0.05) is 37.6 Å². The quantitative estimate of drug-likeness (QED) is 0.771.